The molecule has 2 fully saturated rings. The first-order valence-corrected chi connectivity index (χ1v) is 12.4. The molecule has 8 heteroatoms. The smallest absolute Gasteiger partial charge is 0.236 e. The first-order chi connectivity index (χ1) is 17.1. The first kappa shape index (κ1) is 20.5. The molecule has 7 nitrogen and oxygen atoms in total. The largest absolute Gasteiger partial charge is 0.454 e. The van der Waals surface area contributed by atoms with Gasteiger partial charge in [-0.15, -0.1) is 11.3 Å². The molecule has 0 saturated carbocycles. The van der Waals surface area contributed by atoms with Crippen LogP contribution in [0.2, 0.25) is 0 Å². The fourth-order valence-electron chi connectivity index (χ4n) is 5.86. The summed E-state index contributed by atoms with van der Waals surface area (Å²) in [4.78, 5) is 45.2. The fraction of sp³-hybridized carbons (Fsp3) is 0.222. The molecule has 0 spiro atoms. The summed E-state index contributed by atoms with van der Waals surface area (Å²) < 4.78 is 10.8. The number of likely N-dealkylation sites (tertiary alicyclic amines) is 1. The molecule has 174 valence electrons. The zero-order valence-electron chi connectivity index (χ0n) is 18.5. The predicted octanol–water partition coefficient (Wildman–Crippen LogP) is 3.87. The molecule has 5 heterocycles. The van der Waals surface area contributed by atoms with Gasteiger partial charge < -0.3 is 14.4 Å². The van der Waals surface area contributed by atoms with E-state index in [1.165, 1.54) is 16.2 Å². The predicted molar refractivity (Wildman–Crippen MR) is 128 cm³/mol. The molecule has 2 saturated heterocycles. The maximum atomic E-state index is 13.8. The average molecular weight is 485 g/mol. The third-order valence-corrected chi connectivity index (χ3v) is 8.25. The number of Topliss-reactive ketones (excluding diaryl/α,β-unsaturated/α-hetero) is 1. The lowest BCUT2D eigenvalue weighted by Crippen LogP contribution is -2.43. The van der Waals surface area contributed by atoms with Gasteiger partial charge in [0.05, 0.1) is 29.3 Å². The van der Waals surface area contributed by atoms with Crippen LogP contribution in [0.15, 0.2) is 66.2 Å². The van der Waals surface area contributed by atoms with Crippen molar-refractivity contribution in [3.8, 4) is 11.5 Å². The molecule has 4 aliphatic rings. The van der Waals surface area contributed by atoms with Gasteiger partial charge in [0, 0.05) is 6.20 Å². The Kier molecular flexibility index (Phi) is 4.41. The molecular formula is C27H20N2O5S. The molecule has 0 N–H and O–H groups in total. The minimum atomic E-state index is -0.744. The zero-order valence-corrected chi connectivity index (χ0v) is 19.3. The second-order valence-corrected chi connectivity index (χ2v) is 10.1. The summed E-state index contributed by atoms with van der Waals surface area (Å²) in [5.74, 6) is -0.777. The molecular weight excluding hydrogens is 464 g/mol. The van der Waals surface area contributed by atoms with Gasteiger partial charge in [-0.3, -0.25) is 19.3 Å². The summed E-state index contributed by atoms with van der Waals surface area (Å²) in [7, 11) is 0. The van der Waals surface area contributed by atoms with Crippen LogP contribution in [0.1, 0.15) is 32.4 Å². The Labute approximate surface area is 205 Å². The quantitative estimate of drug-likeness (QED) is 0.413. The minimum absolute atomic E-state index is 0.118. The van der Waals surface area contributed by atoms with Crippen LogP contribution in [-0.4, -0.2) is 40.2 Å². The Hall–Kier alpha value is -3.91. The topological polar surface area (TPSA) is 76.1 Å². The van der Waals surface area contributed by atoms with E-state index in [1.807, 2.05) is 59.0 Å². The molecule has 4 aliphatic heterocycles. The van der Waals surface area contributed by atoms with E-state index in [0.717, 1.165) is 16.7 Å². The molecule has 3 aromatic rings. The molecule has 0 unspecified atom stereocenters. The number of ether oxygens (including phenoxy) is 2. The Morgan fingerprint density at radius 1 is 0.971 bits per heavy atom. The van der Waals surface area contributed by atoms with Crippen LogP contribution in [-0.2, 0) is 16.1 Å². The third-order valence-electron chi connectivity index (χ3n) is 7.36. The van der Waals surface area contributed by atoms with Gasteiger partial charge >= 0.3 is 0 Å². The van der Waals surface area contributed by atoms with Crippen molar-refractivity contribution in [2.75, 3.05) is 6.79 Å². The van der Waals surface area contributed by atoms with Gasteiger partial charge in [0.2, 0.25) is 18.6 Å². The van der Waals surface area contributed by atoms with E-state index >= 15 is 0 Å². The number of ketones is 1. The van der Waals surface area contributed by atoms with E-state index in [-0.39, 0.29) is 37.0 Å². The molecule has 0 bridgehead atoms. The SMILES string of the molecule is O=C(c1cccs1)[C@@H]1[C@@H]2C(=O)N(Cc3ccc4c(c3)OCO4)C(=O)[C@@H]2[C@H]2c3ccccc3C=CN12. The number of carbonyl (C=O) groups excluding carboxylic acids is 3. The van der Waals surface area contributed by atoms with Crippen molar-refractivity contribution in [2.24, 2.45) is 11.8 Å². The number of imide groups is 1. The van der Waals surface area contributed by atoms with Crippen molar-refractivity contribution < 1.29 is 23.9 Å². The number of rotatable bonds is 4. The van der Waals surface area contributed by atoms with Gasteiger partial charge in [0.15, 0.2) is 17.3 Å². The minimum Gasteiger partial charge on any atom is -0.454 e. The Morgan fingerprint density at radius 3 is 2.66 bits per heavy atom. The highest BCUT2D eigenvalue weighted by atomic mass is 32.1. The Bertz CT molecular complexity index is 1410. The fourth-order valence-corrected chi connectivity index (χ4v) is 6.56. The van der Waals surface area contributed by atoms with Crippen LogP contribution in [0.3, 0.4) is 0 Å². The molecule has 35 heavy (non-hydrogen) atoms. The van der Waals surface area contributed by atoms with Crippen molar-refractivity contribution in [1.29, 1.82) is 0 Å². The molecule has 2 amide bonds. The lowest BCUT2D eigenvalue weighted by molar-refractivity contribution is -0.142. The van der Waals surface area contributed by atoms with Crippen LogP contribution in [0, 0.1) is 11.8 Å². The molecule has 2 aromatic carbocycles. The van der Waals surface area contributed by atoms with Gasteiger partial charge in [-0.1, -0.05) is 36.4 Å². The van der Waals surface area contributed by atoms with E-state index in [4.69, 9.17) is 9.47 Å². The van der Waals surface area contributed by atoms with Crippen molar-refractivity contribution in [1.82, 2.24) is 9.80 Å². The number of benzene rings is 2. The summed E-state index contributed by atoms with van der Waals surface area (Å²) >= 11 is 1.36. The highest BCUT2D eigenvalue weighted by Crippen LogP contribution is 2.53. The highest BCUT2D eigenvalue weighted by Gasteiger charge is 2.64. The second kappa shape index (κ2) is 7.55. The molecule has 0 radical (unpaired) electrons. The summed E-state index contributed by atoms with van der Waals surface area (Å²) in [5.41, 5.74) is 2.75. The highest BCUT2D eigenvalue weighted by molar-refractivity contribution is 7.12. The Balaban J connectivity index is 1.30. The van der Waals surface area contributed by atoms with Crippen molar-refractivity contribution in [3.05, 3.63) is 87.7 Å². The number of hydrogen-bond acceptors (Lipinski definition) is 7. The summed E-state index contributed by atoms with van der Waals surface area (Å²) in [6.45, 7) is 0.285. The van der Waals surface area contributed by atoms with Crippen molar-refractivity contribution >= 4 is 35.0 Å². The van der Waals surface area contributed by atoms with Gasteiger partial charge in [-0.2, -0.15) is 0 Å². The molecule has 7 rings (SSSR count). The van der Waals surface area contributed by atoms with E-state index in [0.29, 0.717) is 16.4 Å². The van der Waals surface area contributed by atoms with Crippen LogP contribution in [0.25, 0.3) is 6.08 Å². The number of carbonyl (C=O) groups is 3. The molecule has 1 aromatic heterocycles. The van der Waals surface area contributed by atoms with Gasteiger partial charge in [-0.05, 0) is 46.3 Å². The van der Waals surface area contributed by atoms with Gasteiger partial charge in [-0.25, -0.2) is 0 Å². The van der Waals surface area contributed by atoms with Gasteiger partial charge in [0.25, 0.3) is 0 Å². The van der Waals surface area contributed by atoms with Crippen molar-refractivity contribution in [2.45, 2.75) is 18.6 Å². The average Bonchev–Trinajstić information content (AvgIpc) is 3.66. The molecule has 4 atom stereocenters. The zero-order chi connectivity index (χ0) is 23.7. The van der Waals surface area contributed by atoms with Crippen LogP contribution < -0.4 is 9.47 Å². The first-order valence-electron chi connectivity index (χ1n) is 11.5. The van der Waals surface area contributed by atoms with Gasteiger partial charge in [0.1, 0.15) is 6.04 Å². The lowest BCUT2D eigenvalue weighted by atomic mass is 9.84. The standard InChI is InChI=1S/C27H20N2O5S/c30-25(20-6-3-11-35-20)24-22-21(23-17-5-2-1-4-16(17)9-10-28(23)24)26(31)29(27(22)32)13-15-7-8-18-19(12-15)34-14-33-18/h1-12,21-24H,13-14H2/t21-,22+,23+,24-/m0/s1. The monoisotopic (exact) mass is 484 g/mol. The number of hydrogen-bond donors (Lipinski definition) is 0. The number of thiophene rings is 1. The number of amides is 2. The summed E-state index contributed by atoms with van der Waals surface area (Å²) in [6.07, 6.45) is 3.84. The lowest BCUT2D eigenvalue weighted by Gasteiger charge is -2.35. The third kappa shape index (κ3) is 2.93. The number of nitrogens with zero attached hydrogens (tertiary/aromatic N) is 2. The second-order valence-electron chi connectivity index (χ2n) is 9.12. The maximum Gasteiger partial charge on any atom is 0.236 e. The van der Waals surface area contributed by atoms with Crippen molar-refractivity contribution in [3.63, 3.8) is 0 Å². The summed E-state index contributed by atoms with van der Waals surface area (Å²) in [6, 6.07) is 15.8. The van der Waals surface area contributed by atoms with E-state index in [9.17, 15) is 14.4 Å². The van der Waals surface area contributed by atoms with Crippen LogP contribution in [0.4, 0.5) is 0 Å². The van der Waals surface area contributed by atoms with E-state index in [1.54, 1.807) is 18.2 Å². The van der Waals surface area contributed by atoms with Crippen LogP contribution in [0.5, 0.6) is 11.5 Å². The number of fused-ring (bicyclic) bond motifs is 6. The van der Waals surface area contributed by atoms with Crippen LogP contribution >= 0.6 is 11.3 Å². The van der Waals surface area contributed by atoms with E-state index in [2.05, 4.69) is 0 Å². The molecule has 0 aliphatic carbocycles. The Morgan fingerprint density at radius 2 is 1.80 bits per heavy atom. The van der Waals surface area contributed by atoms with E-state index < -0.39 is 17.9 Å². The normalized spacial score (nSPS) is 25.6. The summed E-state index contributed by atoms with van der Waals surface area (Å²) in [5, 5.41) is 1.85. The maximum absolute atomic E-state index is 13.8.